The molecule has 0 bridgehead atoms. The Bertz CT molecular complexity index is 1030. The molecule has 0 aliphatic heterocycles. The predicted molar refractivity (Wildman–Crippen MR) is 116 cm³/mol. The summed E-state index contributed by atoms with van der Waals surface area (Å²) in [6, 6.07) is 17.5. The molecule has 0 radical (unpaired) electrons. The Balaban J connectivity index is 2.03. The SMILES string of the molecule is COCCN(CCC(=O)OC)C(=O)c1cc(-c2ccc(C)cc2)nc2ccccc12. The zero-order chi connectivity index (χ0) is 21.5. The molecule has 0 fully saturated rings. The second-order valence-electron chi connectivity index (χ2n) is 7.05. The Morgan fingerprint density at radius 2 is 1.73 bits per heavy atom. The Labute approximate surface area is 176 Å². The van der Waals surface area contributed by atoms with Gasteiger partial charge in [0, 0.05) is 31.1 Å². The van der Waals surface area contributed by atoms with Crippen LogP contribution in [0.1, 0.15) is 22.3 Å². The third kappa shape index (κ3) is 5.02. The van der Waals surface area contributed by atoms with Gasteiger partial charge in [-0.05, 0) is 19.1 Å². The van der Waals surface area contributed by atoms with Gasteiger partial charge in [-0.2, -0.15) is 0 Å². The summed E-state index contributed by atoms with van der Waals surface area (Å²) >= 11 is 0. The van der Waals surface area contributed by atoms with Gasteiger partial charge >= 0.3 is 5.97 Å². The van der Waals surface area contributed by atoms with E-state index in [0.29, 0.717) is 18.7 Å². The topological polar surface area (TPSA) is 68.7 Å². The van der Waals surface area contributed by atoms with Gasteiger partial charge in [0.05, 0.1) is 36.9 Å². The normalized spacial score (nSPS) is 10.8. The van der Waals surface area contributed by atoms with Crippen molar-refractivity contribution in [1.29, 1.82) is 0 Å². The van der Waals surface area contributed by atoms with Gasteiger partial charge in [0.2, 0.25) is 0 Å². The minimum Gasteiger partial charge on any atom is -0.469 e. The standard InChI is InChI=1S/C24H26N2O4/c1-17-8-10-18(11-9-17)22-16-20(19-6-4-5-7-21(19)25-22)24(28)26(14-15-29-2)13-12-23(27)30-3/h4-11,16H,12-15H2,1-3H3. The number of hydrogen-bond donors (Lipinski definition) is 0. The fraction of sp³-hybridized carbons (Fsp3) is 0.292. The number of benzene rings is 2. The summed E-state index contributed by atoms with van der Waals surface area (Å²) in [5.41, 5.74) is 4.13. The van der Waals surface area contributed by atoms with Gasteiger partial charge in [-0.25, -0.2) is 4.98 Å². The second kappa shape index (κ2) is 9.98. The van der Waals surface area contributed by atoms with Gasteiger partial charge in [0.1, 0.15) is 0 Å². The molecule has 0 atom stereocenters. The fourth-order valence-electron chi connectivity index (χ4n) is 3.24. The average Bonchev–Trinajstić information content (AvgIpc) is 2.78. The smallest absolute Gasteiger partial charge is 0.307 e. The van der Waals surface area contributed by atoms with Crippen molar-refractivity contribution in [2.24, 2.45) is 0 Å². The zero-order valence-electron chi connectivity index (χ0n) is 17.6. The van der Waals surface area contributed by atoms with Crippen LogP contribution in [0.4, 0.5) is 0 Å². The van der Waals surface area contributed by atoms with E-state index in [9.17, 15) is 9.59 Å². The quantitative estimate of drug-likeness (QED) is 0.532. The highest BCUT2D eigenvalue weighted by molar-refractivity contribution is 6.07. The first kappa shape index (κ1) is 21.5. The monoisotopic (exact) mass is 406 g/mol. The molecule has 1 aromatic heterocycles. The van der Waals surface area contributed by atoms with E-state index in [1.807, 2.05) is 61.5 Å². The molecule has 1 amide bonds. The number of hydrogen-bond acceptors (Lipinski definition) is 5. The molecule has 6 nitrogen and oxygen atoms in total. The highest BCUT2D eigenvalue weighted by atomic mass is 16.5. The van der Waals surface area contributed by atoms with Crippen LogP contribution in [0.2, 0.25) is 0 Å². The van der Waals surface area contributed by atoms with E-state index < -0.39 is 0 Å². The average molecular weight is 406 g/mol. The van der Waals surface area contributed by atoms with Gasteiger partial charge in [-0.15, -0.1) is 0 Å². The van der Waals surface area contributed by atoms with Crippen LogP contribution >= 0.6 is 0 Å². The number of ether oxygens (including phenoxy) is 2. The first-order valence-corrected chi connectivity index (χ1v) is 9.85. The van der Waals surface area contributed by atoms with Crippen molar-refractivity contribution in [2.75, 3.05) is 33.9 Å². The summed E-state index contributed by atoms with van der Waals surface area (Å²) in [6.45, 7) is 3.04. The van der Waals surface area contributed by atoms with Gasteiger partial charge in [0.15, 0.2) is 0 Å². The molecule has 6 heteroatoms. The Morgan fingerprint density at radius 3 is 2.43 bits per heavy atom. The number of nitrogens with zero attached hydrogens (tertiary/aromatic N) is 2. The summed E-state index contributed by atoms with van der Waals surface area (Å²) in [5.74, 6) is -0.520. The molecule has 3 rings (SSSR count). The number of carbonyl (C=O) groups excluding carboxylic acids is 2. The molecule has 0 saturated carbocycles. The number of aryl methyl sites for hydroxylation is 1. The number of fused-ring (bicyclic) bond motifs is 1. The first-order valence-electron chi connectivity index (χ1n) is 9.85. The molecule has 0 aliphatic rings. The molecule has 30 heavy (non-hydrogen) atoms. The van der Waals surface area contributed by atoms with Gasteiger partial charge < -0.3 is 14.4 Å². The minimum atomic E-state index is -0.356. The van der Waals surface area contributed by atoms with Crippen molar-refractivity contribution in [2.45, 2.75) is 13.3 Å². The number of methoxy groups -OCH3 is 2. The van der Waals surface area contributed by atoms with E-state index in [4.69, 9.17) is 14.5 Å². The Morgan fingerprint density at radius 1 is 1.00 bits per heavy atom. The van der Waals surface area contributed by atoms with Crippen molar-refractivity contribution in [3.8, 4) is 11.3 Å². The molecular weight excluding hydrogens is 380 g/mol. The third-order valence-corrected chi connectivity index (χ3v) is 4.96. The van der Waals surface area contributed by atoms with Crippen molar-refractivity contribution >= 4 is 22.8 Å². The largest absolute Gasteiger partial charge is 0.469 e. The number of para-hydroxylation sites is 1. The Kier molecular flexibility index (Phi) is 7.14. The molecule has 0 saturated heterocycles. The van der Waals surface area contributed by atoms with Crippen LogP contribution in [-0.4, -0.2) is 55.7 Å². The minimum absolute atomic E-state index is 0.125. The lowest BCUT2D eigenvalue weighted by atomic mass is 10.0. The lowest BCUT2D eigenvalue weighted by molar-refractivity contribution is -0.140. The van der Waals surface area contributed by atoms with E-state index in [1.54, 1.807) is 12.0 Å². The maximum Gasteiger partial charge on any atom is 0.307 e. The van der Waals surface area contributed by atoms with Crippen LogP contribution in [0.3, 0.4) is 0 Å². The van der Waals surface area contributed by atoms with Gasteiger partial charge in [-0.3, -0.25) is 9.59 Å². The lowest BCUT2D eigenvalue weighted by Crippen LogP contribution is -2.36. The molecule has 156 valence electrons. The zero-order valence-corrected chi connectivity index (χ0v) is 17.6. The number of carbonyl (C=O) groups is 2. The molecule has 0 unspecified atom stereocenters. The van der Waals surface area contributed by atoms with Crippen molar-refractivity contribution in [1.82, 2.24) is 9.88 Å². The number of esters is 1. The molecule has 0 aliphatic carbocycles. The van der Waals surface area contributed by atoms with Crippen molar-refractivity contribution in [3.05, 3.63) is 65.7 Å². The van der Waals surface area contributed by atoms with Gasteiger partial charge in [0.25, 0.3) is 5.91 Å². The number of rotatable bonds is 8. The fourth-order valence-corrected chi connectivity index (χ4v) is 3.24. The molecule has 0 N–H and O–H groups in total. The number of pyridine rings is 1. The van der Waals surface area contributed by atoms with Crippen LogP contribution in [0.25, 0.3) is 22.2 Å². The second-order valence-corrected chi connectivity index (χ2v) is 7.05. The highest BCUT2D eigenvalue weighted by Gasteiger charge is 2.21. The van der Waals surface area contributed by atoms with E-state index in [-0.39, 0.29) is 24.8 Å². The van der Waals surface area contributed by atoms with Crippen LogP contribution in [0.5, 0.6) is 0 Å². The van der Waals surface area contributed by atoms with E-state index in [2.05, 4.69) is 0 Å². The number of amides is 1. The molecule has 0 spiro atoms. The molecular formula is C24H26N2O4. The summed E-state index contributed by atoms with van der Waals surface area (Å²) < 4.78 is 9.89. The first-order chi connectivity index (χ1) is 14.5. The van der Waals surface area contributed by atoms with E-state index >= 15 is 0 Å². The Hall–Kier alpha value is -3.25. The van der Waals surface area contributed by atoms with Crippen LogP contribution < -0.4 is 0 Å². The molecule has 3 aromatic rings. The van der Waals surface area contributed by atoms with Crippen LogP contribution in [-0.2, 0) is 14.3 Å². The van der Waals surface area contributed by atoms with Crippen molar-refractivity contribution < 1.29 is 19.1 Å². The summed E-state index contributed by atoms with van der Waals surface area (Å²) in [7, 11) is 2.92. The maximum absolute atomic E-state index is 13.5. The molecule has 1 heterocycles. The predicted octanol–water partition coefficient (Wildman–Crippen LogP) is 3.86. The molecule has 2 aromatic carbocycles. The van der Waals surface area contributed by atoms with E-state index in [1.165, 1.54) is 7.11 Å². The van der Waals surface area contributed by atoms with Gasteiger partial charge in [-0.1, -0.05) is 48.0 Å². The van der Waals surface area contributed by atoms with Crippen LogP contribution in [0, 0.1) is 6.92 Å². The van der Waals surface area contributed by atoms with Crippen molar-refractivity contribution in [3.63, 3.8) is 0 Å². The highest BCUT2D eigenvalue weighted by Crippen LogP contribution is 2.26. The lowest BCUT2D eigenvalue weighted by Gasteiger charge is -2.23. The third-order valence-electron chi connectivity index (χ3n) is 4.96. The maximum atomic E-state index is 13.5. The summed E-state index contributed by atoms with van der Waals surface area (Å²) in [5, 5.41) is 0.777. The summed E-state index contributed by atoms with van der Waals surface area (Å²) in [6.07, 6.45) is 0.125. The number of aromatic nitrogens is 1. The van der Waals surface area contributed by atoms with E-state index in [0.717, 1.165) is 27.7 Å². The summed E-state index contributed by atoms with van der Waals surface area (Å²) in [4.78, 5) is 31.5. The van der Waals surface area contributed by atoms with Crippen LogP contribution in [0.15, 0.2) is 54.6 Å².